The van der Waals surface area contributed by atoms with Crippen LogP contribution >= 0.6 is 0 Å². The van der Waals surface area contributed by atoms with Crippen LogP contribution < -0.4 is 5.73 Å². The molecule has 0 aliphatic rings. The Bertz CT molecular complexity index is 401. The number of amides is 1. The lowest BCUT2D eigenvalue weighted by Gasteiger charge is -2.23. The van der Waals surface area contributed by atoms with E-state index in [0.717, 1.165) is 30.6 Å². The highest BCUT2D eigenvalue weighted by Crippen LogP contribution is 2.13. The summed E-state index contributed by atoms with van der Waals surface area (Å²) in [6.07, 6.45) is 2.58. The van der Waals surface area contributed by atoms with Crippen molar-refractivity contribution in [2.75, 3.05) is 12.3 Å². The van der Waals surface area contributed by atoms with Gasteiger partial charge in [-0.15, -0.1) is 0 Å². The molecule has 0 saturated carbocycles. The van der Waals surface area contributed by atoms with Crippen LogP contribution in [0.1, 0.15) is 45.6 Å². The Balaban J connectivity index is 2.64. The van der Waals surface area contributed by atoms with Crippen LogP contribution in [0.3, 0.4) is 0 Å². The number of anilines is 1. The molecular weight excluding hydrogens is 236 g/mol. The summed E-state index contributed by atoms with van der Waals surface area (Å²) >= 11 is 0. The van der Waals surface area contributed by atoms with Gasteiger partial charge in [0.1, 0.15) is 0 Å². The molecule has 0 aliphatic carbocycles. The van der Waals surface area contributed by atoms with Crippen LogP contribution in [-0.2, 0) is 11.3 Å². The zero-order valence-corrected chi connectivity index (χ0v) is 12.4. The molecule has 1 amide bonds. The van der Waals surface area contributed by atoms with Gasteiger partial charge in [0.25, 0.3) is 0 Å². The molecular formula is C16H26N2O. The predicted molar refractivity (Wildman–Crippen MR) is 80.6 cm³/mol. The number of hydrogen-bond acceptors (Lipinski definition) is 2. The van der Waals surface area contributed by atoms with Gasteiger partial charge in [-0.05, 0) is 36.5 Å². The number of carbonyl (C=O) groups excluding carboxylic acids is 1. The first-order valence-electron chi connectivity index (χ1n) is 7.15. The zero-order chi connectivity index (χ0) is 14.3. The predicted octanol–water partition coefficient (Wildman–Crippen LogP) is 3.44. The minimum absolute atomic E-state index is 0.248. The van der Waals surface area contributed by atoms with Crippen molar-refractivity contribution in [3.63, 3.8) is 0 Å². The van der Waals surface area contributed by atoms with Crippen molar-refractivity contribution in [3.05, 3.63) is 29.8 Å². The van der Waals surface area contributed by atoms with Crippen molar-refractivity contribution < 1.29 is 4.79 Å². The molecule has 0 radical (unpaired) electrons. The molecule has 1 rings (SSSR count). The summed E-state index contributed by atoms with van der Waals surface area (Å²) < 4.78 is 0. The van der Waals surface area contributed by atoms with Gasteiger partial charge in [0, 0.05) is 25.2 Å². The van der Waals surface area contributed by atoms with E-state index in [0.29, 0.717) is 18.9 Å². The molecule has 0 bridgehead atoms. The largest absolute Gasteiger partial charge is 0.399 e. The quantitative estimate of drug-likeness (QED) is 0.765. The molecule has 1 aromatic carbocycles. The second kappa shape index (κ2) is 7.82. The highest BCUT2D eigenvalue weighted by molar-refractivity contribution is 5.76. The monoisotopic (exact) mass is 262 g/mol. The van der Waals surface area contributed by atoms with Gasteiger partial charge < -0.3 is 10.6 Å². The summed E-state index contributed by atoms with van der Waals surface area (Å²) in [6, 6.07) is 7.77. The van der Waals surface area contributed by atoms with Crippen molar-refractivity contribution in [2.24, 2.45) is 5.92 Å². The Hall–Kier alpha value is -1.51. The van der Waals surface area contributed by atoms with Crippen LogP contribution in [0.25, 0.3) is 0 Å². The number of rotatable bonds is 7. The Morgan fingerprint density at radius 2 is 2.11 bits per heavy atom. The number of benzene rings is 1. The average Bonchev–Trinajstić information content (AvgIpc) is 2.35. The van der Waals surface area contributed by atoms with Crippen molar-refractivity contribution in [1.29, 1.82) is 0 Å². The zero-order valence-electron chi connectivity index (χ0n) is 12.4. The minimum Gasteiger partial charge on any atom is -0.399 e. The number of nitrogen functional groups attached to an aromatic ring is 1. The fourth-order valence-electron chi connectivity index (χ4n) is 2.04. The molecule has 0 unspecified atom stereocenters. The molecule has 3 heteroatoms. The molecule has 0 fully saturated rings. The second-order valence-corrected chi connectivity index (χ2v) is 5.49. The Kier molecular flexibility index (Phi) is 6.40. The number of nitrogens with two attached hydrogens (primary N) is 1. The van der Waals surface area contributed by atoms with E-state index in [4.69, 9.17) is 5.73 Å². The first-order valence-corrected chi connectivity index (χ1v) is 7.15. The van der Waals surface area contributed by atoms with Crippen molar-refractivity contribution in [1.82, 2.24) is 4.90 Å². The molecule has 2 N–H and O–H groups in total. The summed E-state index contributed by atoms with van der Waals surface area (Å²) in [6.45, 7) is 7.87. The number of hydrogen-bond donors (Lipinski definition) is 1. The van der Waals surface area contributed by atoms with Gasteiger partial charge in [-0.25, -0.2) is 0 Å². The van der Waals surface area contributed by atoms with Gasteiger partial charge in [0.15, 0.2) is 0 Å². The second-order valence-electron chi connectivity index (χ2n) is 5.49. The Morgan fingerprint density at radius 3 is 2.68 bits per heavy atom. The van der Waals surface area contributed by atoms with Crippen LogP contribution in [0.15, 0.2) is 24.3 Å². The fourth-order valence-corrected chi connectivity index (χ4v) is 2.04. The van der Waals surface area contributed by atoms with E-state index in [1.165, 1.54) is 0 Å². The molecule has 0 aromatic heterocycles. The third-order valence-corrected chi connectivity index (χ3v) is 3.11. The van der Waals surface area contributed by atoms with E-state index in [-0.39, 0.29) is 5.91 Å². The maximum atomic E-state index is 12.2. The first-order chi connectivity index (χ1) is 9.02. The van der Waals surface area contributed by atoms with E-state index >= 15 is 0 Å². The van der Waals surface area contributed by atoms with Crippen LogP contribution in [0.5, 0.6) is 0 Å². The minimum atomic E-state index is 0.248. The Labute approximate surface area is 116 Å². The average molecular weight is 262 g/mol. The van der Waals surface area contributed by atoms with Gasteiger partial charge in [-0.3, -0.25) is 4.79 Å². The molecule has 0 atom stereocenters. The van der Waals surface area contributed by atoms with Crippen molar-refractivity contribution in [3.8, 4) is 0 Å². The maximum absolute atomic E-state index is 12.2. The van der Waals surface area contributed by atoms with E-state index in [1.807, 2.05) is 29.2 Å². The van der Waals surface area contributed by atoms with Gasteiger partial charge in [-0.2, -0.15) is 0 Å². The Morgan fingerprint density at radius 1 is 1.37 bits per heavy atom. The van der Waals surface area contributed by atoms with Gasteiger partial charge in [0.2, 0.25) is 5.91 Å². The van der Waals surface area contributed by atoms with Crippen LogP contribution in [0.4, 0.5) is 5.69 Å². The lowest BCUT2D eigenvalue weighted by molar-refractivity contribution is -0.132. The van der Waals surface area contributed by atoms with E-state index in [2.05, 4.69) is 20.8 Å². The fraction of sp³-hybridized carbons (Fsp3) is 0.562. The smallest absolute Gasteiger partial charge is 0.222 e. The summed E-state index contributed by atoms with van der Waals surface area (Å²) in [7, 11) is 0. The van der Waals surface area contributed by atoms with Gasteiger partial charge in [0.05, 0.1) is 0 Å². The number of nitrogens with zero attached hydrogens (tertiary/aromatic N) is 1. The normalized spacial score (nSPS) is 10.7. The number of carbonyl (C=O) groups is 1. The lowest BCUT2D eigenvalue weighted by Crippen LogP contribution is -2.31. The SMILES string of the molecule is CCCN(Cc1cccc(N)c1)C(=O)CCC(C)C. The highest BCUT2D eigenvalue weighted by atomic mass is 16.2. The molecule has 19 heavy (non-hydrogen) atoms. The summed E-state index contributed by atoms with van der Waals surface area (Å²) in [4.78, 5) is 14.2. The molecule has 1 aromatic rings. The highest BCUT2D eigenvalue weighted by Gasteiger charge is 2.13. The molecule has 3 nitrogen and oxygen atoms in total. The molecule has 0 heterocycles. The maximum Gasteiger partial charge on any atom is 0.222 e. The van der Waals surface area contributed by atoms with Gasteiger partial charge in [-0.1, -0.05) is 32.9 Å². The van der Waals surface area contributed by atoms with Crippen molar-refractivity contribution >= 4 is 11.6 Å². The van der Waals surface area contributed by atoms with E-state index < -0.39 is 0 Å². The lowest BCUT2D eigenvalue weighted by atomic mass is 10.1. The molecule has 0 aliphatic heterocycles. The topological polar surface area (TPSA) is 46.3 Å². The summed E-state index contributed by atoms with van der Waals surface area (Å²) in [5.41, 5.74) is 7.64. The summed E-state index contributed by atoms with van der Waals surface area (Å²) in [5, 5.41) is 0. The van der Waals surface area contributed by atoms with Crippen LogP contribution in [0, 0.1) is 5.92 Å². The van der Waals surface area contributed by atoms with Crippen LogP contribution in [0.2, 0.25) is 0 Å². The van der Waals surface area contributed by atoms with Gasteiger partial charge >= 0.3 is 0 Å². The third kappa shape index (κ3) is 5.77. The molecule has 0 saturated heterocycles. The molecule has 0 spiro atoms. The first kappa shape index (κ1) is 15.5. The van der Waals surface area contributed by atoms with E-state index in [9.17, 15) is 4.79 Å². The van der Waals surface area contributed by atoms with E-state index in [1.54, 1.807) is 0 Å². The standard InChI is InChI=1S/C16H26N2O/c1-4-10-18(16(19)9-8-13(2)3)12-14-6-5-7-15(17)11-14/h5-7,11,13H,4,8-10,12,17H2,1-3H3. The summed E-state index contributed by atoms with van der Waals surface area (Å²) in [5.74, 6) is 0.817. The van der Waals surface area contributed by atoms with Crippen molar-refractivity contribution in [2.45, 2.75) is 46.6 Å². The van der Waals surface area contributed by atoms with Crippen LogP contribution in [-0.4, -0.2) is 17.4 Å². The molecule has 106 valence electrons. The third-order valence-electron chi connectivity index (χ3n) is 3.11.